The van der Waals surface area contributed by atoms with Crippen molar-refractivity contribution < 1.29 is 0 Å². The van der Waals surface area contributed by atoms with Crippen LogP contribution in [0.4, 0.5) is 5.69 Å². The van der Waals surface area contributed by atoms with Crippen molar-refractivity contribution in [1.29, 1.82) is 0 Å². The Balaban J connectivity index is 1.82. The molecular formula is C18H22N4S. The Kier molecular flexibility index (Phi) is 3.81. The fourth-order valence-corrected chi connectivity index (χ4v) is 4.35. The number of piperidine rings is 1. The van der Waals surface area contributed by atoms with E-state index >= 15 is 0 Å². The summed E-state index contributed by atoms with van der Waals surface area (Å²) in [7, 11) is 0. The third-order valence-electron chi connectivity index (χ3n) is 4.84. The molecular weight excluding hydrogens is 304 g/mol. The Labute approximate surface area is 140 Å². The van der Waals surface area contributed by atoms with Crippen LogP contribution in [0, 0.1) is 12.8 Å². The normalized spacial score (nSPS) is 18.7. The van der Waals surface area contributed by atoms with Crippen molar-refractivity contribution in [2.45, 2.75) is 33.1 Å². The highest BCUT2D eigenvalue weighted by Crippen LogP contribution is 2.38. The lowest BCUT2D eigenvalue weighted by molar-refractivity contribution is 0.405. The molecule has 1 unspecified atom stereocenters. The highest BCUT2D eigenvalue weighted by molar-refractivity contribution is 7.15. The largest absolute Gasteiger partial charge is 0.371 e. The molecule has 0 aliphatic carbocycles. The standard InChI is InChI=1S/C18H22N4S/c1-3-13-5-4-8-22(11-13)15-6-7-19-17-16(15)14(10-20-17)18-21-9-12(2)23-18/h6-7,9-10,13H,3-5,8,11H2,1-2H3,(H,19,20). The minimum Gasteiger partial charge on any atom is -0.371 e. The molecule has 1 saturated heterocycles. The van der Waals surface area contributed by atoms with Crippen LogP contribution < -0.4 is 4.90 Å². The molecule has 0 saturated carbocycles. The summed E-state index contributed by atoms with van der Waals surface area (Å²) < 4.78 is 0. The van der Waals surface area contributed by atoms with E-state index in [1.165, 1.54) is 40.8 Å². The van der Waals surface area contributed by atoms with E-state index in [4.69, 9.17) is 0 Å². The van der Waals surface area contributed by atoms with Crippen LogP contribution in [-0.4, -0.2) is 28.0 Å². The van der Waals surface area contributed by atoms with Gasteiger partial charge in [-0.25, -0.2) is 9.97 Å². The first-order valence-electron chi connectivity index (χ1n) is 8.40. The summed E-state index contributed by atoms with van der Waals surface area (Å²) in [6.07, 6.45) is 9.81. The Morgan fingerprint density at radius 2 is 2.30 bits per heavy atom. The molecule has 0 radical (unpaired) electrons. The number of H-pyrrole nitrogens is 1. The van der Waals surface area contributed by atoms with E-state index in [1.807, 2.05) is 12.4 Å². The maximum absolute atomic E-state index is 4.58. The number of fused-ring (bicyclic) bond motifs is 1. The molecule has 3 aromatic rings. The van der Waals surface area contributed by atoms with Crippen molar-refractivity contribution in [2.24, 2.45) is 5.92 Å². The topological polar surface area (TPSA) is 44.8 Å². The molecule has 23 heavy (non-hydrogen) atoms. The SMILES string of the molecule is CCC1CCCN(c2ccnc3[nH]cc(-c4ncc(C)s4)c23)C1. The number of hydrogen-bond acceptors (Lipinski definition) is 4. The number of nitrogens with one attached hydrogen (secondary N) is 1. The Bertz CT molecular complexity index is 819. The maximum atomic E-state index is 4.58. The van der Waals surface area contributed by atoms with Crippen molar-refractivity contribution in [1.82, 2.24) is 15.0 Å². The minimum atomic E-state index is 0.802. The lowest BCUT2D eigenvalue weighted by Gasteiger charge is -2.34. The van der Waals surface area contributed by atoms with Crippen molar-refractivity contribution in [3.05, 3.63) is 29.5 Å². The lowest BCUT2D eigenvalue weighted by Crippen LogP contribution is -2.35. The first kappa shape index (κ1) is 14.7. The van der Waals surface area contributed by atoms with Gasteiger partial charge < -0.3 is 9.88 Å². The van der Waals surface area contributed by atoms with Crippen LogP contribution >= 0.6 is 11.3 Å². The van der Waals surface area contributed by atoms with E-state index in [1.54, 1.807) is 11.3 Å². The molecule has 0 amide bonds. The average Bonchev–Trinajstić information content (AvgIpc) is 3.20. The van der Waals surface area contributed by atoms with Gasteiger partial charge in [0.15, 0.2) is 0 Å². The highest BCUT2D eigenvalue weighted by Gasteiger charge is 2.22. The summed E-state index contributed by atoms with van der Waals surface area (Å²) in [6.45, 7) is 6.69. The van der Waals surface area contributed by atoms with Gasteiger partial charge >= 0.3 is 0 Å². The van der Waals surface area contributed by atoms with Crippen molar-refractivity contribution in [2.75, 3.05) is 18.0 Å². The van der Waals surface area contributed by atoms with Crippen molar-refractivity contribution >= 4 is 28.1 Å². The van der Waals surface area contributed by atoms with Crippen molar-refractivity contribution in [3.63, 3.8) is 0 Å². The minimum absolute atomic E-state index is 0.802. The number of thiazole rings is 1. The molecule has 1 N–H and O–H groups in total. The zero-order valence-electron chi connectivity index (χ0n) is 13.7. The monoisotopic (exact) mass is 326 g/mol. The zero-order chi connectivity index (χ0) is 15.8. The fraction of sp³-hybridized carbons (Fsp3) is 0.444. The molecule has 5 heteroatoms. The predicted octanol–water partition coefficient (Wildman–Crippen LogP) is 4.62. The van der Waals surface area contributed by atoms with Gasteiger partial charge in [-0.2, -0.15) is 0 Å². The summed E-state index contributed by atoms with van der Waals surface area (Å²) in [5.74, 6) is 0.802. The number of anilines is 1. The smallest absolute Gasteiger partial charge is 0.140 e. The third kappa shape index (κ3) is 2.63. The van der Waals surface area contributed by atoms with Crippen LogP contribution in [0.25, 0.3) is 21.6 Å². The van der Waals surface area contributed by atoms with E-state index < -0.39 is 0 Å². The molecule has 3 aromatic heterocycles. The third-order valence-corrected chi connectivity index (χ3v) is 5.79. The molecule has 4 heterocycles. The number of hydrogen-bond donors (Lipinski definition) is 1. The fourth-order valence-electron chi connectivity index (χ4n) is 3.57. The number of aromatic nitrogens is 3. The summed E-state index contributed by atoms with van der Waals surface area (Å²) in [5.41, 5.74) is 3.45. The molecule has 0 aromatic carbocycles. The molecule has 4 nitrogen and oxygen atoms in total. The van der Waals surface area contributed by atoms with Gasteiger partial charge in [0.05, 0.1) is 11.1 Å². The van der Waals surface area contributed by atoms with E-state index in [2.05, 4.69) is 46.0 Å². The second-order valence-electron chi connectivity index (χ2n) is 6.39. The van der Waals surface area contributed by atoms with Crippen LogP contribution in [0.1, 0.15) is 31.1 Å². The second-order valence-corrected chi connectivity index (χ2v) is 7.63. The van der Waals surface area contributed by atoms with Gasteiger partial charge in [-0.1, -0.05) is 13.3 Å². The van der Waals surface area contributed by atoms with Crippen LogP contribution in [-0.2, 0) is 0 Å². The summed E-state index contributed by atoms with van der Waals surface area (Å²) >= 11 is 1.74. The quantitative estimate of drug-likeness (QED) is 0.764. The van der Waals surface area contributed by atoms with Gasteiger partial charge in [0.1, 0.15) is 10.7 Å². The predicted molar refractivity (Wildman–Crippen MR) is 97.2 cm³/mol. The Morgan fingerprint density at radius 3 is 3.09 bits per heavy atom. The van der Waals surface area contributed by atoms with Crippen LogP contribution in [0.15, 0.2) is 24.7 Å². The van der Waals surface area contributed by atoms with E-state index in [0.717, 1.165) is 29.7 Å². The summed E-state index contributed by atoms with van der Waals surface area (Å²) in [5, 5.41) is 2.30. The zero-order valence-corrected chi connectivity index (χ0v) is 14.5. The van der Waals surface area contributed by atoms with Crippen LogP contribution in [0.2, 0.25) is 0 Å². The van der Waals surface area contributed by atoms with E-state index in [0.29, 0.717) is 0 Å². The first-order valence-corrected chi connectivity index (χ1v) is 9.21. The molecule has 1 aliphatic rings. The first-order chi connectivity index (χ1) is 11.3. The molecule has 0 bridgehead atoms. The number of aromatic amines is 1. The van der Waals surface area contributed by atoms with Gasteiger partial charge in [0.25, 0.3) is 0 Å². The number of rotatable bonds is 3. The lowest BCUT2D eigenvalue weighted by atomic mass is 9.95. The molecule has 1 atom stereocenters. The average molecular weight is 326 g/mol. The summed E-state index contributed by atoms with van der Waals surface area (Å²) in [6, 6.07) is 2.16. The van der Waals surface area contributed by atoms with E-state index in [-0.39, 0.29) is 0 Å². The molecule has 0 spiro atoms. The van der Waals surface area contributed by atoms with Gasteiger partial charge in [-0.05, 0) is 31.7 Å². The second kappa shape index (κ2) is 5.96. The molecule has 1 aliphatic heterocycles. The van der Waals surface area contributed by atoms with Gasteiger partial charge in [-0.3, -0.25) is 0 Å². The molecule has 4 rings (SSSR count). The summed E-state index contributed by atoms with van der Waals surface area (Å²) in [4.78, 5) is 16.2. The maximum Gasteiger partial charge on any atom is 0.140 e. The molecule has 120 valence electrons. The number of pyridine rings is 1. The van der Waals surface area contributed by atoms with Crippen LogP contribution in [0.5, 0.6) is 0 Å². The Morgan fingerprint density at radius 1 is 1.39 bits per heavy atom. The van der Waals surface area contributed by atoms with Crippen LogP contribution in [0.3, 0.4) is 0 Å². The van der Waals surface area contributed by atoms with Gasteiger partial charge in [0, 0.05) is 42.1 Å². The van der Waals surface area contributed by atoms with Gasteiger partial charge in [0.2, 0.25) is 0 Å². The number of nitrogens with zero attached hydrogens (tertiary/aromatic N) is 3. The van der Waals surface area contributed by atoms with Crippen molar-refractivity contribution in [3.8, 4) is 10.6 Å². The highest BCUT2D eigenvalue weighted by atomic mass is 32.1. The number of aryl methyl sites for hydroxylation is 1. The van der Waals surface area contributed by atoms with E-state index in [9.17, 15) is 0 Å². The Hall–Kier alpha value is -1.88. The molecule has 1 fully saturated rings. The van der Waals surface area contributed by atoms with Gasteiger partial charge in [-0.15, -0.1) is 11.3 Å².